The number of hydrogen-bond donors (Lipinski definition) is 1. The Kier molecular flexibility index (Phi) is 3.17. The Labute approximate surface area is 104 Å². The highest BCUT2D eigenvalue weighted by atomic mass is 35.5. The largest absolute Gasteiger partial charge is 0.455 e. The van der Waals surface area contributed by atoms with Crippen LogP contribution < -0.4 is 10.5 Å². The summed E-state index contributed by atoms with van der Waals surface area (Å²) in [5.41, 5.74) is 6.72. The van der Waals surface area contributed by atoms with Gasteiger partial charge >= 0.3 is 0 Å². The quantitative estimate of drug-likeness (QED) is 0.822. The van der Waals surface area contributed by atoms with E-state index in [-0.39, 0.29) is 0 Å². The van der Waals surface area contributed by atoms with Gasteiger partial charge in [0.15, 0.2) is 0 Å². The minimum Gasteiger partial charge on any atom is -0.455 e. The van der Waals surface area contributed by atoms with Gasteiger partial charge in [-0.2, -0.15) is 5.26 Å². The molecule has 2 aromatic carbocycles. The molecule has 0 saturated heterocycles. The Bertz CT molecular complexity index is 590. The van der Waals surface area contributed by atoms with Crippen LogP contribution in [0.5, 0.6) is 11.5 Å². The number of nitrogens with zero attached hydrogens (tertiary/aromatic N) is 1. The molecule has 0 aliphatic heterocycles. The summed E-state index contributed by atoms with van der Waals surface area (Å²) in [6, 6.07) is 14.0. The molecule has 0 unspecified atom stereocenters. The van der Waals surface area contributed by atoms with E-state index in [0.717, 1.165) is 0 Å². The maximum Gasteiger partial charge on any atom is 0.150 e. The molecule has 2 rings (SSSR count). The third-order valence-electron chi connectivity index (χ3n) is 2.21. The molecule has 3 nitrogen and oxygen atoms in total. The summed E-state index contributed by atoms with van der Waals surface area (Å²) in [6.45, 7) is 0. The van der Waals surface area contributed by atoms with E-state index in [1.165, 1.54) is 0 Å². The minimum absolute atomic E-state index is 0.361. The smallest absolute Gasteiger partial charge is 0.150 e. The molecule has 0 radical (unpaired) electrons. The van der Waals surface area contributed by atoms with Gasteiger partial charge in [-0.15, -0.1) is 0 Å². The van der Waals surface area contributed by atoms with Crippen LogP contribution in [0, 0.1) is 11.3 Å². The van der Waals surface area contributed by atoms with Crippen molar-refractivity contribution in [1.29, 1.82) is 5.26 Å². The molecule has 0 heterocycles. The van der Waals surface area contributed by atoms with E-state index < -0.39 is 0 Å². The minimum atomic E-state index is 0.361. The van der Waals surface area contributed by atoms with Crippen LogP contribution in [0.15, 0.2) is 42.5 Å². The predicted octanol–water partition coefficient (Wildman–Crippen LogP) is 3.59. The highest BCUT2D eigenvalue weighted by molar-refractivity contribution is 6.31. The number of para-hydroxylation sites is 2. The zero-order chi connectivity index (χ0) is 12.3. The van der Waals surface area contributed by atoms with Crippen molar-refractivity contribution < 1.29 is 4.74 Å². The van der Waals surface area contributed by atoms with Crippen LogP contribution >= 0.6 is 11.6 Å². The first kappa shape index (κ1) is 11.3. The molecule has 2 aromatic rings. The molecular formula is C13H9ClN2O. The molecule has 0 spiro atoms. The van der Waals surface area contributed by atoms with Gasteiger partial charge in [0.05, 0.1) is 16.3 Å². The average molecular weight is 245 g/mol. The number of nitrogen functional groups attached to an aromatic ring is 1. The number of anilines is 1. The first-order valence-electron chi connectivity index (χ1n) is 4.92. The Balaban J connectivity index is 2.29. The lowest BCUT2D eigenvalue weighted by atomic mass is 10.2. The molecule has 4 heteroatoms. The van der Waals surface area contributed by atoms with Crippen LogP contribution in [-0.2, 0) is 0 Å². The van der Waals surface area contributed by atoms with Gasteiger partial charge in [0.1, 0.15) is 17.6 Å². The van der Waals surface area contributed by atoms with E-state index in [2.05, 4.69) is 0 Å². The second-order valence-electron chi connectivity index (χ2n) is 3.39. The Morgan fingerprint density at radius 1 is 1.18 bits per heavy atom. The van der Waals surface area contributed by atoms with Crippen molar-refractivity contribution in [2.24, 2.45) is 0 Å². The predicted molar refractivity (Wildman–Crippen MR) is 67.1 cm³/mol. The van der Waals surface area contributed by atoms with Crippen molar-refractivity contribution in [3.05, 3.63) is 53.1 Å². The second kappa shape index (κ2) is 4.77. The molecule has 0 amide bonds. The third-order valence-corrected chi connectivity index (χ3v) is 2.52. The highest BCUT2D eigenvalue weighted by Gasteiger charge is 2.04. The number of halogens is 1. The van der Waals surface area contributed by atoms with E-state index in [4.69, 9.17) is 27.3 Å². The Hall–Kier alpha value is -2.18. The van der Waals surface area contributed by atoms with Gasteiger partial charge in [-0.1, -0.05) is 23.7 Å². The summed E-state index contributed by atoms with van der Waals surface area (Å²) in [4.78, 5) is 0. The highest BCUT2D eigenvalue weighted by Crippen LogP contribution is 2.29. The summed E-state index contributed by atoms with van der Waals surface area (Å²) in [5, 5.41) is 9.11. The van der Waals surface area contributed by atoms with Gasteiger partial charge in [0.2, 0.25) is 0 Å². The number of ether oxygens (including phenoxy) is 1. The molecule has 0 aliphatic rings. The zero-order valence-electron chi connectivity index (χ0n) is 8.85. The number of hydrogen-bond acceptors (Lipinski definition) is 3. The summed E-state index contributed by atoms with van der Waals surface area (Å²) >= 11 is 5.90. The fourth-order valence-electron chi connectivity index (χ4n) is 1.35. The molecule has 0 aliphatic carbocycles. The van der Waals surface area contributed by atoms with Crippen LogP contribution in [0.3, 0.4) is 0 Å². The first-order chi connectivity index (χ1) is 8.20. The molecule has 0 bridgehead atoms. The second-order valence-corrected chi connectivity index (χ2v) is 3.80. The molecule has 17 heavy (non-hydrogen) atoms. The van der Waals surface area contributed by atoms with Crippen molar-refractivity contribution in [1.82, 2.24) is 0 Å². The summed E-state index contributed by atoms with van der Waals surface area (Å²) in [5.74, 6) is 1.11. The van der Waals surface area contributed by atoms with Crippen molar-refractivity contribution >= 4 is 17.3 Å². The normalized spacial score (nSPS) is 9.65. The van der Waals surface area contributed by atoms with Gasteiger partial charge in [-0.3, -0.25) is 0 Å². The van der Waals surface area contributed by atoms with E-state index >= 15 is 0 Å². The molecule has 0 fully saturated rings. The summed E-state index contributed by atoms with van der Waals surface area (Å²) in [6.07, 6.45) is 0. The molecule has 0 aromatic heterocycles. The number of nitriles is 1. The van der Waals surface area contributed by atoms with Crippen LogP contribution in [-0.4, -0.2) is 0 Å². The van der Waals surface area contributed by atoms with Crippen molar-refractivity contribution in [3.63, 3.8) is 0 Å². The first-order valence-corrected chi connectivity index (χ1v) is 5.30. The molecule has 0 saturated carbocycles. The monoisotopic (exact) mass is 244 g/mol. The van der Waals surface area contributed by atoms with Gasteiger partial charge in [-0.05, 0) is 24.3 Å². The summed E-state index contributed by atoms with van der Waals surface area (Å²) < 4.78 is 5.57. The third kappa shape index (κ3) is 2.49. The van der Waals surface area contributed by atoms with E-state index in [0.29, 0.717) is 27.8 Å². The maximum atomic E-state index is 8.75. The lowest BCUT2D eigenvalue weighted by Gasteiger charge is -2.08. The lowest BCUT2D eigenvalue weighted by molar-refractivity contribution is 0.485. The molecule has 84 valence electrons. The van der Waals surface area contributed by atoms with Gasteiger partial charge in [0.25, 0.3) is 0 Å². The van der Waals surface area contributed by atoms with Gasteiger partial charge in [0, 0.05) is 6.07 Å². The van der Waals surface area contributed by atoms with E-state index in [1.807, 2.05) is 18.2 Å². The summed E-state index contributed by atoms with van der Waals surface area (Å²) in [7, 11) is 0. The van der Waals surface area contributed by atoms with E-state index in [9.17, 15) is 0 Å². The number of rotatable bonds is 2. The van der Waals surface area contributed by atoms with Crippen LogP contribution in [0.1, 0.15) is 5.56 Å². The van der Waals surface area contributed by atoms with E-state index in [1.54, 1.807) is 30.3 Å². The average Bonchev–Trinajstić information content (AvgIpc) is 2.32. The van der Waals surface area contributed by atoms with Crippen molar-refractivity contribution in [2.75, 3.05) is 5.73 Å². The van der Waals surface area contributed by atoms with Gasteiger partial charge in [-0.25, -0.2) is 0 Å². The number of benzene rings is 2. The van der Waals surface area contributed by atoms with Gasteiger partial charge < -0.3 is 10.5 Å². The Morgan fingerprint density at radius 2 is 1.94 bits per heavy atom. The van der Waals surface area contributed by atoms with Crippen LogP contribution in [0.25, 0.3) is 0 Å². The maximum absolute atomic E-state index is 8.75. The topological polar surface area (TPSA) is 59.0 Å². The van der Waals surface area contributed by atoms with Crippen LogP contribution in [0.2, 0.25) is 5.02 Å². The zero-order valence-corrected chi connectivity index (χ0v) is 9.61. The standard InChI is InChI=1S/C13H9ClN2O/c14-11-7-10(6-5-9(11)8-15)17-13-4-2-1-3-12(13)16/h1-7H,16H2. The lowest BCUT2D eigenvalue weighted by Crippen LogP contribution is -1.91. The molecule has 2 N–H and O–H groups in total. The molecule has 0 atom stereocenters. The number of nitrogens with two attached hydrogens (primary N) is 1. The van der Waals surface area contributed by atoms with Crippen molar-refractivity contribution in [3.8, 4) is 17.6 Å². The molecular weight excluding hydrogens is 236 g/mol. The SMILES string of the molecule is N#Cc1ccc(Oc2ccccc2N)cc1Cl. The fraction of sp³-hybridized carbons (Fsp3) is 0. The fourth-order valence-corrected chi connectivity index (χ4v) is 1.56. The van der Waals surface area contributed by atoms with Crippen LogP contribution in [0.4, 0.5) is 5.69 Å². The van der Waals surface area contributed by atoms with Crippen molar-refractivity contribution in [2.45, 2.75) is 0 Å². The Morgan fingerprint density at radius 3 is 2.59 bits per heavy atom.